The molecule has 1 atom stereocenters. The minimum atomic E-state index is -0.200. The predicted octanol–water partition coefficient (Wildman–Crippen LogP) is 2.81. The van der Waals surface area contributed by atoms with Crippen molar-refractivity contribution in [1.29, 1.82) is 0 Å². The number of rotatable bonds is 6. The van der Waals surface area contributed by atoms with E-state index >= 15 is 0 Å². The Morgan fingerprint density at radius 2 is 1.87 bits per heavy atom. The smallest absolute Gasteiger partial charge is 0.271 e. The number of carbonyl (C=O) groups excluding carboxylic acids is 1. The number of anilines is 3. The van der Waals surface area contributed by atoms with Crippen LogP contribution in [0.5, 0.6) is 0 Å². The van der Waals surface area contributed by atoms with E-state index in [0.717, 1.165) is 17.8 Å². The molecule has 23 heavy (non-hydrogen) atoms. The Labute approximate surface area is 137 Å². The summed E-state index contributed by atoms with van der Waals surface area (Å²) in [6, 6.07) is 8.10. The maximum atomic E-state index is 11.9. The van der Waals surface area contributed by atoms with Gasteiger partial charge in [0.05, 0.1) is 12.4 Å². The molecule has 1 aromatic heterocycles. The molecule has 0 aliphatic carbocycles. The second-order valence-corrected chi connectivity index (χ2v) is 5.64. The number of hydrogen-bond donors (Lipinski definition) is 2. The molecule has 0 saturated carbocycles. The van der Waals surface area contributed by atoms with E-state index in [1.54, 1.807) is 6.20 Å². The lowest BCUT2D eigenvalue weighted by molar-refractivity contribution is 0.0934. The third-order valence-electron chi connectivity index (χ3n) is 3.53. The van der Waals surface area contributed by atoms with Gasteiger partial charge < -0.3 is 15.5 Å². The molecule has 0 fully saturated rings. The van der Waals surface area contributed by atoms with Crippen molar-refractivity contribution in [2.75, 3.05) is 24.3 Å². The molecule has 0 spiro atoms. The van der Waals surface area contributed by atoms with Gasteiger partial charge >= 0.3 is 0 Å². The fourth-order valence-electron chi connectivity index (χ4n) is 1.90. The van der Waals surface area contributed by atoms with Crippen LogP contribution < -0.4 is 15.5 Å². The van der Waals surface area contributed by atoms with Gasteiger partial charge in [0.1, 0.15) is 11.5 Å². The van der Waals surface area contributed by atoms with Crippen molar-refractivity contribution in [2.24, 2.45) is 0 Å². The Morgan fingerprint density at radius 1 is 1.17 bits per heavy atom. The SMILES string of the molecule is CCC(C)NC(=O)c1cnc(Nc2ccc(N(C)C)cc2)cn1. The van der Waals surface area contributed by atoms with Gasteiger partial charge in [0.2, 0.25) is 0 Å². The largest absolute Gasteiger partial charge is 0.378 e. The molecule has 2 aromatic rings. The molecular weight excluding hydrogens is 290 g/mol. The van der Waals surface area contributed by atoms with Crippen molar-refractivity contribution in [3.05, 3.63) is 42.4 Å². The number of carbonyl (C=O) groups is 1. The molecule has 1 aromatic carbocycles. The highest BCUT2D eigenvalue weighted by Crippen LogP contribution is 2.18. The molecule has 1 heterocycles. The summed E-state index contributed by atoms with van der Waals surface area (Å²) in [5.41, 5.74) is 2.36. The first-order valence-electron chi connectivity index (χ1n) is 7.67. The van der Waals surface area contributed by atoms with E-state index in [2.05, 4.69) is 20.6 Å². The van der Waals surface area contributed by atoms with Crippen LogP contribution in [0.2, 0.25) is 0 Å². The van der Waals surface area contributed by atoms with E-state index in [9.17, 15) is 4.79 Å². The van der Waals surface area contributed by atoms with Crippen LogP contribution in [-0.4, -0.2) is 36.0 Å². The van der Waals surface area contributed by atoms with Gasteiger partial charge in [-0.05, 0) is 37.6 Å². The molecule has 2 rings (SSSR count). The first-order valence-corrected chi connectivity index (χ1v) is 7.67. The molecule has 0 saturated heterocycles. The number of nitrogens with zero attached hydrogens (tertiary/aromatic N) is 3. The van der Waals surface area contributed by atoms with E-state index in [4.69, 9.17) is 0 Å². The Kier molecular flexibility index (Phi) is 5.51. The van der Waals surface area contributed by atoms with Gasteiger partial charge in [-0.1, -0.05) is 6.92 Å². The zero-order valence-electron chi connectivity index (χ0n) is 14.0. The Morgan fingerprint density at radius 3 is 2.39 bits per heavy atom. The van der Waals surface area contributed by atoms with Crippen molar-refractivity contribution >= 4 is 23.1 Å². The van der Waals surface area contributed by atoms with Crippen molar-refractivity contribution < 1.29 is 4.79 Å². The molecule has 0 aliphatic rings. The highest BCUT2D eigenvalue weighted by Gasteiger charge is 2.10. The zero-order valence-corrected chi connectivity index (χ0v) is 14.0. The van der Waals surface area contributed by atoms with Gasteiger partial charge in [-0.15, -0.1) is 0 Å². The Hall–Kier alpha value is -2.63. The van der Waals surface area contributed by atoms with Crippen LogP contribution in [0.3, 0.4) is 0 Å². The zero-order chi connectivity index (χ0) is 16.8. The minimum Gasteiger partial charge on any atom is -0.378 e. The molecule has 0 radical (unpaired) electrons. The third kappa shape index (κ3) is 4.67. The topological polar surface area (TPSA) is 70.2 Å². The summed E-state index contributed by atoms with van der Waals surface area (Å²) in [6.45, 7) is 3.98. The van der Waals surface area contributed by atoms with E-state index in [1.807, 2.05) is 57.1 Å². The molecule has 0 bridgehead atoms. The minimum absolute atomic E-state index is 0.123. The second kappa shape index (κ2) is 7.58. The van der Waals surface area contributed by atoms with Crippen molar-refractivity contribution in [3.63, 3.8) is 0 Å². The lowest BCUT2D eigenvalue weighted by Gasteiger charge is -2.13. The molecule has 122 valence electrons. The van der Waals surface area contributed by atoms with Crippen LogP contribution in [0, 0.1) is 0 Å². The fourth-order valence-corrected chi connectivity index (χ4v) is 1.90. The lowest BCUT2D eigenvalue weighted by atomic mass is 10.2. The van der Waals surface area contributed by atoms with Gasteiger partial charge in [-0.3, -0.25) is 4.79 Å². The van der Waals surface area contributed by atoms with Crippen LogP contribution in [0.4, 0.5) is 17.2 Å². The Balaban J connectivity index is 2.00. The lowest BCUT2D eigenvalue weighted by Crippen LogP contribution is -2.32. The highest BCUT2D eigenvalue weighted by molar-refractivity contribution is 5.92. The molecule has 6 heteroatoms. The van der Waals surface area contributed by atoms with Crippen LogP contribution >= 0.6 is 0 Å². The van der Waals surface area contributed by atoms with Crippen LogP contribution in [0.1, 0.15) is 30.8 Å². The molecule has 2 N–H and O–H groups in total. The Bertz CT molecular complexity index is 637. The monoisotopic (exact) mass is 313 g/mol. The number of hydrogen-bond acceptors (Lipinski definition) is 5. The van der Waals surface area contributed by atoms with Crippen molar-refractivity contribution in [2.45, 2.75) is 26.3 Å². The molecule has 1 amide bonds. The summed E-state index contributed by atoms with van der Waals surface area (Å²) in [4.78, 5) is 22.4. The average Bonchev–Trinajstić information content (AvgIpc) is 2.55. The van der Waals surface area contributed by atoms with Crippen molar-refractivity contribution in [3.8, 4) is 0 Å². The van der Waals surface area contributed by atoms with Crippen molar-refractivity contribution in [1.82, 2.24) is 15.3 Å². The van der Waals surface area contributed by atoms with Gasteiger partial charge in [-0.25, -0.2) is 9.97 Å². The van der Waals surface area contributed by atoms with Crippen LogP contribution in [0.25, 0.3) is 0 Å². The standard InChI is InChI=1S/C17H23N5O/c1-5-12(2)20-17(23)15-10-19-16(11-18-15)21-13-6-8-14(9-7-13)22(3)4/h6-12H,5H2,1-4H3,(H,19,21)(H,20,23). The number of aromatic nitrogens is 2. The summed E-state index contributed by atoms with van der Waals surface area (Å²) in [6.07, 6.45) is 3.92. The summed E-state index contributed by atoms with van der Waals surface area (Å²) in [5, 5.41) is 6.03. The van der Waals surface area contributed by atoms with E-state index < -0.39 is 0 Å². The second-order valence-electron chi connectivity index (χ2n) is 5.64. The summed E-state index contributed by atoms with van der Waals surface area (Å²) in [7, 11) is 3.99. The van der Waals surface area contributed by atoms with Gasteiger partial charge in [0.15, 0.2) is 0 Å². The van der Waals surface area contributed by atoms with Gasteiger partial charge in [0, 0.05) is 31.5 Å². The number of benzene rings is 1. The first kappa shape index (κ1) is 16.7. The highest BCUT2D eigenvalue weighted by atomic mass is 16.1. The number of nitrogens with one attached hydrogen (secondary N) is 2. The third-order valence-corrected chi connectivity index (χ3v) is 3.53. The maximum absolute atomic E-state index is 11.9. The summed E-state index contributed by atoms with van der Waals surface area (Å²) >= 11 is 0. The van der Waals surface area contributed by atoms with Crippen LogP contribution in [0.15, 0.2) is 36.7 Å². The van der Waals surface area contributed by atoms with Gasteiger partial charge in [-0.2, -0.15) is 0 Å². The van der Waals surface area contributed by atoms with Crippen LogP contribution in [-0.2, 0) is 0 Å². The predicted molar refractivity (Wildman–Crippen MR) is 93.3 cm³/mol. The van der Waals surface area contributed by atoms with E-state index in [-0.39, 0.29) is 11.9 Å². The fraction of sp³-hybridized carbons (Fsp3) is 0.353. The molecule has 0 aliphatic heterocycles. The van der Waals surface area contributed by atoms with E-state index in [0.29, 0.717) is 11.5 Å². The molecule has 6 nitrogen and oxygen atoms in total. The van der Waals surface area contributed by atoms with E-state index in [1.165, 1.54) is 6.20 Å². The average molecular weight is 313 g/mol. The summed E-state index contributed by atoms with van der Waals surface area (Å²) in [5.74, 6) is 0.399. The first-order chi connectivity index (χ1) is 11.0. The molecular formula is C17H23N5O. The number of amides is 1. The normalized spacial score (nSPS) is 11.7. The van der Waals surface area contributed by atoms with Gasteiger partial charge in [0.25, 0.3) is 5.91 Å². The molecule has 1 unspecified atom stereocenters. The summed E-state index contributed by atoms with van der Waals surface area (Å²) < 4.78 is 0. The maximum Gasteiger partial charge on any atom is 0.271 e. The quantitative estimate of drug-likeness (QED) is 0.858.